The lowest BCUT2D eigenvalue weighted by Crippen LogP contribution is -1.99. The molecule has 3 rings (SSSR count). The van der Waals surface area contributed by atoms with E-state index >= 15 is 0 Å². The maximum Gasteiger partial charge on any atom is 0.221 e. The Morgan fingerprint density at radius 1 is 0.850 bits per heavy atom. The Hall–Kier alpha value is -2.27. The molecule has 0 aliphatic rings. The van der Waals surface area contributed by atoms with Gasteiger partial charge in [-0.25, -0.2) is 9.97 Å². The van der Waals surface area contributed by atoms with E-state index in [0.717, 1.165) is 21.4 Å². The lowest BCUT2D eigenvalue weighted by Gasteiger charge is -2.07. The van der Waals surface area contributed by atoms with Crippen LogP contribution in [0.5, 0.6) is 0 Å². The smallest absolute Gasteiger partial charge is 0.221 e. The van der Waals surface area contributed by atoms with Gasteiger partial charge in [-0.15, -0.1) is 0 Å². The molecule has 0 saturated heterocycles. The van der Waals surface area contributed by atoms with Crippen LogP contribution in [0.4, 0.5) is 5.95 Å². The van der Waals surface area contributed by atoms with Crippen molar-refractivity contribution in [3.63, 3.8) is 0 Å². The second-order valence-corrected chi connectivity index (χ2v) is 5.05. The number of halogens is 1. The van der Waals surface area contributed by atoms with E-state index in [1.165, 1.54) is 0 Å². The van der Waals surface area contributed by atoms with E-state index in [-0.39, 0.29) is 5.95 Å². The van der Waals surface area contributed by atoms with Crippen LogP contribution in [0.1, 0.15) is 0 Å². The van der Waals surface area contributed by atoms with Gasteiger partial charge in [-0.3, -0.25) is 4.98 Å². The predicted octanol–water partition coefficient (Wildman–Crippen LogP) is 3.55. The summed E-state index contributed by atoms with van der Waals surface area (Å²) in [4.78, 5) is 12.8. The molecule has 5 heteroatoms. The second kappa shape index (κ2) is 5.38. The number of hydrogen-bond donors (Lipinski definition) is 1. The molecule has 98 valence electrons. The number of benzene rings is 1. The Morgan fingerprint density at radius 3 is 2.35 bits per heavy atom. The van der Waals surface area contributed by atoms with Crippen molar-refractivity contribution in [3.05, 3.63) is 59.2 Å². The average Bonchev–Trinajstić information content (AvgIpc) is 2.48. The lowest BCUT2D eigenvalue weighted by atomic mass is 10.1. The third-order valence-corrected chi connectivity index (χ3v) is 3.51. The number of nitrogen functional groups attached to an aromatic ring is 1. The topological polar surface area (TPSA) is 64.7 Å². The number of pyridine rings is 1. The Bertz CT molecular complexity index is 744. The maximum absolute atomic E-state index is 5.82. The summed E-state index contributed by atoms with van der Waals surface area (Å²) in [6.45, 7) is 0. The van der Waals surface area contributed by atoms with Gasteiger partial charge in [0.15, 0.2) is 0 Å². The van der Waals surface area contributed by atoms with Crippen LogP contribution in [-0.4, -0.2) is 15.0 Å². The van der Waals surface area contributed by atoms with E-state index in [9.17, 15) is 0 Å². The minimum absolute atomic E-state index is 0.235. The van der Waals surface area contributed by atoms with Gasteiger partial charge in [0, 0.05) is 16.2 Å². The zero-order valence-electron chi connectivity index (χ0n) is 10.5. The molecule has 0 fully saturated rings. The number of anilines is 1. The van der Waals surface area contributed by atoms with Gasteiger partial charge in [0.1, 0.15) is 0 Å². The molecule has 0 spiro atoms. The monoisotopic (exact) mass is 326 g/mol. The average molecular weight is 327 g/mol. The summed E-state index contributed by atoms with van der Waals surface area (Å²) in [6.07, 6.45) is 1.73. The van der Waals surface area contributed by atoms with Gasteiger partial charge in [0.2, 0.25) is 5.95 Å². The molecule has 0 amide bonds. The first-order chi connectivity index (χ1) is 9.74. The summed E-state index contributed by atoms with van der Waals surface area (Å²) in [6, 6.07) is 15.4. The molecule has 0 atom stereocenters. The van der Waals surface area contributed by atoms with Crippen molar-refractivity contribution in [2.75, 3.05) is 5.73 Å². The van der Waals surface area contributed by atoms with E-state index in [0.29, 0.717) is 5.69 Å². The molecule has 0 unspecified atom stereocenters. The summed E-state index contributed by atoms with van der Waals surface area (Å²) in [5.74, 6) is 0.235. The van der Waals surface area contributed by atoms with Crippen molar-refractivity contribution in [2.45, 2.75) is 0 Å². The van der Waals surface area contributed by atoms with Gasteiger partial charge in [-0.1, -0.05) is 40.2 Å². The summed E-state index contributed by atoms with van der Waals surface area (Å²) in [7, 11) is 0. The van der Waals surface area contributed by atoms with Crippen LogP contribution in [0.2, 0.25) is 0 Å². The normalized spacial score (nSPS) is 10.4. The molecular weight excluding hydrogens is 316 g/mol. The Kier molecular flexibility index (Phi) is 3.43. The van der Waals surface area contributed by atoms with Crippen molar-refractivity contribution in [3.8, 4) is 22.6 Å². The lowest BCUT2D eigenvalue weighted by molar-refractivity contribution is 1.17. The van der Waals surface area contributed by atoms with Crippen LogP contribution < -0.4 is 5.73 Å². The first kappa shape index (κ1) is 12.7. The molecule has 3 aromatic rings. The summed E-state index contributed by atoms with van der Waals surface area (Å²) in [5, 5.41) is 0. The molecule has 1 aromatic carbocycles. The van der Waals surface area contributed by atoms with E-state index in [1.807, 2.05) is 48.5 Å². The van der Waals surface area contributed by atoms with E-state index in [2.05, 4.69) is 30.9 Å². The summed E-state index contributed by atoms with van der Waals surface area (Å²) < 4.78 is 0.963. The van der Waals surface area contributed by atoms with Crippen molar-refractivity contribution in [1.82, 2.24) is 15.0 Å². The molecule has 2 N–H and O–H groups in total. The Labute approximate surface area is 124 Å². The van der Waals surface area contributed by atoms with Crippen LogP contribution >= 0.6 is 15.9 Å². The summed E-state index contributed by atoms with van der Waals surface area (Å²) >= 11 is 3.52. The van der Waals surface area contributed by atoms with E-state index < -0.39 is 0 Å². The van der Waals surface area contributed by atoms with Gasteiger partial charge in [-0.2, -0.15) is 0 Å². The highest BCUT2D eigenvalue weighted by Crippen LogP contribution is 2.29. The van der Waals surface area contributed by atoms with Crippen molar-refractivity contribution in [1.29, 1.82) is 0 Å². The van der Waals surface area contributed by atoms with Crippen molar-refractivity contribution < 1.29 is 0 Å². The Morgan fingerprint density at radius 2 is 1.60 bits per heavy atom. The van der Waals surface area contributed by atoms with Crippen LogP contribution in [0.15, 0.2) is 59.2 Å². The number of hydrogen-bond acceptors (Lipinski definition) is 4. The number of nitrogens with two attached hydrogens (primary N) is 1. The summed E-state index contributed by atoms with van der Waals surface area (Å²) in [5.41, 5.74) is 9.04. The first-order valence-electron chi connectivity index (χ1n) is 6.05. The van der Waals surface area contributed by atoms with Gasteiger partial charge in [-0.05, 0) is 24.3 Å². The molecule has 2 heterocycles. The molecule has 2 aromatic heterocycles. The first-order valence-corrected chi connectivity index (χ1v) is 6.84. The fourth-order valence-electron chi connectivity index (χ4n) is 1.92. The minimum Gasteiger partial charge on any atom is -0.368 e. The zero-order chi connectivity index (χ0) is 13.9. The van der Waals surface area contributed by atoms with Crippen LogP contribution in [0.25, 0.3) is 22.6 Å². The molecule has 0 saturated carbocycles. The van der Waals surface area contributed by atoms with Crippen LogP contribution in [0.3, 0.4) is 0 Å². The fraction of sp³-hybridized carbons (Fsp3) is 0. The predicted molar refractivity (Wildman–Crippen MR) is 82.8 cm³/mol. The molecule has 0 bridgehead atoms. The molecule has 0 aliphatic heterocycles. The largest absolute Gasteiger partial charge is 0.368 e. The van der Waals surface area contributed by atoms with Crippen LogP contribution in [0, 0.1) is 0 Å². The van der Waals surface area contributed by atoms with E-state index in [4.69, 9.17) is 5.73 Å². The highest BCUT2D eigenvalue weighted by Gasteiger charge is 2.09. The standard InChI is InChI=1S/C15H11BrN4/c16-11-6-2-1-5-10(11)13-9-14(20-15(17)19-13)12-7-3-4-8-18-12/h1-9H,(H2,17,19,20). The molecule has 4 nitrogen and oxygen atoms in total. The minimum atomic E-state index is 0.235. The molecule has 20 heavy (non-hydrogen) atoms. The number of aromatic nitrogens is 3. The zero-order valence-corrected chi connectivity index (χ0v) is 12.1. The van der Waals surface area contributed by atoms with Gasteiger partial charge < -0.3 is 5.73 Å². The number of nitrogens with zero attached hydrogens (tertiary/aromatic N) is 3. The van der Waals surface area contributed by atoms with Crippen LogP contribution in [-0.2, 0) is 0 Å². The van der Waals surface area contributed by atoms with Crippen molar-refractivity contribution in [2.24, 2.45) is 0 Å². The Balaban J connectivity index is 2.15. The highest BCUT2D eigenvalue weighted by molar-refractivity contribution is 9.10. The maximum atomic E-state index is 5.82. The third-order valence-electron chi connectivity index (χ3n) is 2.82. The molecule has 0 radical (unpaired) electrons. The van der Waals surface area contributed by atoms with Gasteiger partial charge in [0.05, 0.1) is 17.1 Å². The molecule has 0 aliphatic carbocycles. The second-order valence-electron chi connectivity index (χ2n) is 4.19. The van der Waals surface area contributed by atoms with Gasteiger partial charge in [0.25, 0.3) is 0 Å². The number of rotatable bonds is 2. The molecular formula is C15H11BrN4. The highest BCUT2D eigenvalue weighted by atomic mass is 79.9. The van der Waals surface area contributed by atoms with E-state index in [1.54, 1.807) is 6.20 Å². The van der Waals surface area contributed by atoms with Crippen molar-refractivity contribution >= 4 is 21.9 Å². The third kappa shape index (κ3) is 2.53. The fourth-order valence-corrected chi connectivity index (χ4v) is 2.41. The quantitative estimate of drug-likeness (QED) is 0.782. The SMILES string of the molecule is Nc1nc(-c2ccccn2)cc(-c2ccccc2Br)n1. The van der Waals surface area contributed by atoms with Gasteiger partial charge >= 0.3 is 0 Å².